The van der Waals surface area contributed by atoms with Gasteiger partial charge in [0.25, 0.3) is 0 Å². The van der Waals surface area contributed by atoms with Gasteiger partial charge in [0.2, 0.25) is 0 Å². The van der Waals surface area contributed by atoms with Gasteiger partial charge < -0.3 is 10.1 Å². The van der Waals surface area contributed by atoms with Crippen LogP contribution in [0, 0.1) is 5.41 Å². The van der Waals surface area contributed by atoms with E-state index < -0.39 is 5.60 Å². The number of ether oxygens (including phenoxy) is 1. The molecule has 1 aliphatic heterocycles. The number of alkyl carbamates (subject to hydrolysis) is 1. The Balaban J connectivity index is 2.02. The molecule has 0 saturated carbocycles. The summed E-state index contributed by atoms with van der Waals surface area (Å²) in [5, 5.41) is 3.06. The molecule has 1 aromatic rings. The van der Waals surface area contributed by atoms with E-state index in [0.717, 1.165) is 13.1 Å². The standard InChI is InChI=1S/C19H30N2O2/c1-14(15-10-8-7-9-11-15)21-12-16(19(5,6)13-21)20-17(22)23-18(2,3)4/h7-11,14,16H,12-13H2,1-6H3,(H,20,22). The van der Waals surface area contributed by atoms with Gasteiger partial charge in [-0.15, -0.1) is 0 Å². The number of benzene rings is 1. The van der Waals surface area contributed by atoms with Crippen molar-refractivity contribution in [3.8, 4) is 0 Å². The summed E-state index contributed by atoms with van der Waals surface area (Å²) in [4.78, 5) is 14.5. The van der Waals surface area contributed by atoms with Crippen LogP contribution in [-0.2, 0) is 4.74 Å². The summed E-state index contributed by atoms with van der Waals surface area (Å²) >= 11 is 0. The molecule has 1 aromatic carbocycles. The Labute approximate surface area is 140 Å². The smallest absolute Gasteiger partial charge is 0.407 e. The van der Waals surface area contributed by atoms with Gasteiger partial charge in [0.05, 0.1) is 6.04 Å². The molecule has 1 N–H and O–H groups in total. The molecule has 0 aromatic heterocycles. The molecule has 1 saturated heterocycles. The molecule has 2 rings (SSSR count). The first-order chi connectivity index (χ1) is 10.6. The fraction of sp³-hybridized carbons (Fsp3) is 0.632. The minimum absolute atomic E-state index is 0.0138. The van der Waals surface area contributed by atoms with E-state index in [2.05, 4.69) is 55.3 Å². The summed E-state index contributed by atoms with van der Waals surface area (Å²) in [5.74, 6) is 0. The monoisotopic (exact) mass is 318 g/mol. The maximum Gasteiger partial charge on any atom is 0.407 e. The molecule has 4 heteroatoms. The lowest BCUT2D eigenvalue weighted by atomic mass is 9.88. The summed E-state index contributed by atoms with van der Waals surface area (Å²) in [6.45, 7) is 14.1. The van der Waals surface area contributed by atoms with Crippen LogP contribution in [0.15, 0.2) is 30.3 Å². The lowest BCUT2D eigenvalue weighted by Crippen LogP contribution is -2.46. The molecule has 0 bridgehead atoms. The first kappa shape index (κ1) is 17.8. The molecule has 128 valence electrons. The lowest BCUT2D eigenvalue weighted by molar-refractivity contribution is 0.0479. The van der Waals surface area contributed by atoms with Crippen LogP contribution in [0.2, 0.25) is 0 Å². The highest BCUT2D eigenvalue weighted by molar-refractivity contribution is 5.68. The number of carbonyl (C=O) groups excluding carboxylic acids is 1. The van der Waals surface area contributed by atoms with E-state index >= 15 is 0 Å². The topological polar surface area (TPSA) is 41.6 Å². The second kappa shape index (κ2) is 6.52. The van der Waals surface area contributed by atoms with Crippen molar-refractivity contribution in [3.05, 3.63) is 35.9 Å². The van der Waals surface area contributed by atoms with Crippen molar-refractivity contribution in [3.63, 3.8) is 0 Å². The molecule has 2 unspecified atom stereocenters. The maximum atomic E-state index is 12.1. The molecule has 1 fully saturated rings. The number of hydrogen-bond acceptors (Lipinski definition) is 3. The van der Waals surface area contributed by atoms with Gasteiger partial charge in [-0.1, -0.05) is 44.2 Å². The molecule has 1 heterocycles. The van der Waals surface area contributed by atoms with Gasteiger partial charge in [-0.2, -0.15) is 0 Å². The third-order valence-electron chi connectivity index (χ3n) is 4.49. The van der Waals surface area contributed by atoms with Crippen molar-refractivity contribution < 1.29 is 9.53 Å². The number of carbonyl (C=O) groups is 1. The van der Waals surface area contributed by atoms with Crippen molar-refractivity contribution in [2.75, 3.05) is 13.1 Å². The molecular weight excluding hydrogens is 288 g/mol. The molecule has 0 radical (unpaired) electrons. The highest BCUT2D eigenvalue weighted by Crippen LogP contribution is 2.35. The normalized spacial score (nSPS) is 22.6. The summed E-state index contributed by atoms with van der Waals surface area (Å²) < 4.78 is 5.40. The van der Waals surface area contributed by atoms with Crippen molar-refractivity contribution in [1.29, 1.82) is 0 Å². The van der Waals surface area contributed by atoms with E-state index in [0.29, 0.717) is 6.04 Å². The van der Waals surface area contributed by atoms with Crippen LogP contribution < -0.4 is 5.32 Å². The van der Waals surface area contributed by atoms with Crippen LogP contribution in [-0.4, -0.2) is 35.7 Å². The summed E-state index contributed by atoms with van der Waals surface area (Å²) in [6.07, 6.45) is -0.329. The highest BCUT2D eigenvalue weighted by atomic mass is 16.6. The Hall–Kier alpha value is -1.55. The Morgan fingerprint density at radius 1 is 1.30 bits per heavy atom. The molecule has 1 aliphatic rings. The predicted octanol–water partition coefficient (Wildman–Crippen LogP) is 3.98. The van der Waals surface area contributed by atoms with Gasteiger partial charge >= 0.3 is 6.09 Å². The van der Waals surface area contributed by atoms with E-state index in [-0.39, 0.29) is 17.6 Å². The zero-order chi connectivity index (χ0) is 17.3. The van der Waals surface area contributed by atoms with E-state index in [1.165, 1.54) is 5.56 Å². The van der Waals surface area contributed by atoms with Crippen LogP contribution in [0.5, 0.6) is 0 Å². The zero-order valence-electron chi connectivity index (χ0n) is 15.2. The largest absolute Gasteiger partial charge is 0.444 e. The highest BCUT2D eigenvalue weighted by Gasteiger charge is 2.42. The Kier molecular flexibility index (Phi) is 5.04. The average Bonchev–Trinajstić information content (AvgIpc) is 2.72. The van der Waals surface area contributed by atoms with Gasteiger partial charge in [-0.3, -0.25) is 4.90 Å². The molecule has 0 aliphatic carbocycles. The van der Waals surface area contributed by atoms with Crippen molar-refractivity contribution in [2.24, 2.45) is 5.41 Å². The number of nitrogens with zero attached hydrogens (tertiary/aromatic N) is 1. The van der Waals surface area contributed by atoms with Crippen molar-refractivity contribution >= 4 is 6.09 Å². The average molecular weight is 318 g/mol. The summed E-state index contributed by atoms with van der Waals surface area (Å²) in [6, 6.07) is 10.9. The number of likely N-dealkylation sites (tertiary alicyclic amines) is 1. The lowest BCUT2D eigenvalue weighted by Gasteiger charge is -2.28. The minimum Gasteiger partial charge on any atom is -0.444 e. The Bertz CT molecular complexity index is 534. The van der Waals surface area contributed by atoms with Crippen LogP contribution in [0.4, 0.5) is 4.79 Å². The summed E-state index contributed by atoms with van der Waals surface area (Å²) in [7, 11) is 0. The van der Waals surface area contributed by atoms with Gasteiger partial charge in [-0.05, 0) is 38.7 Å². The van der Waals surface area contributed by atoms with E-state index in [1.807, 2.05) is 26.8 Å². The SMILES string of the molecule is CC(c1ccccc1)N1CC(NC(=O)OC(C)(C)C)C(C)(C)C1. The quantitative estimate of drug-likeness (QED) is 0.916. The minimum atomic E-state index is -0.468. The zero-order valence-corrected chi connectivity index (χ0v) is 15.2. The predicted molar refractivity (Wildman–Crippen MR) is 93.4 cm³/mol. The van der Waals surface area contributed by atoms with Gasteiger partial charge in [0, 0.05) is 19.1 Å². The fourth-order valence-electron chi connectivity index (χ4n) is 3.11. The number of rotatable bonds is 3. The van der Waals surface area contributed by atoms with E-state index in [9.17, 15) is 4.79 Å². The van der Waals surface area contributed by atoms with Gasteiger partial charge in [0.1, 0.15) is 5.60 Å². The van der Waals surface area contributed by atoms with Crippen LogP contribution in [0.3, 0.4) is 0 Å². The second-order valence-electron chi connectivity index (χ2n) is 8.20. The van der Waals surface area contributed by atoms with Crippen LogP contribution in [0.25, 0.3) is 0 Å². The van der Waals surface area contributed by atoms with Gasteiger partial charge in [-0.25, -0.2) is 4.79 Å². The van der Waals surface area contributed by atoms with E-state index in [1.54, 1.807) is 0 Å². The maximum absolute atomic E-state index is 12.1. The molecule has 0 spiro atoms. The first-order valence-corrected chi connectivity index (χ1v) is 8.37. The van der Waals surface area contributed by atoms with Crippen LogP contribution >= 0.6 is 0 Å². The summed E-state index contributed by atoms with van der Waals surface area (Å²) in [5.41, 5.74) is 0.852. The molecular formula is C19H30N2O2. The van der Waals surface area contributed by atoms with Crippen molar-refractivity contribution in [2.45, 2.75) is 59.2 Å². The number of nitrogens with one attached hydrogen (secondary N) is 1. The number of hydrogen-bond donors (Lipinski definition) is 1. The fourth-order valence-corrected chi connectivity index (χ4v) is 3.11. The second-order valence-corrected chi connectivity index (χ2v) is 8.20. The van der Waals surface area contributed by atoms with Crippen molar-refractivity contribution in [1.82, 2.24) is 10.2 Å². The Morgan fingerprint density at radius 2 is 1.91 bits per heavy atom. The number of amides is 1. The third-order valence-corrected chi connectivity index (χ3v) is 4.49. The van der Waals surface area contributed by atoms with Crippen LogP contribution in [0.1, 0.15) is 53.1 Å². The first-order valence-electron chi connectivity index (χ1n) is 8.37. The molecule has 23 heavy (non-hydrogen) atoms. The Morgan fingerprint density at radius 3 is 2.48 bits per heavy atom. The molecule has 2 atom stereocenters. The molecule has 1 amide bonds. The van der Waals surface area contributed by atoms with Gasteiger partial charge in [0.15, 0.2) is 0 Å². The third kappa shape index (κ3) is 4.71. The van der Waals surface area contributed by atoms with E-state index in [4.69, 9.17) is 4.74 Å². The molecule has 4 nitrogen and oxygen atoms in total.